The molecule has 2 rings (SSSR count). The molecule has 0 aromatic carbocycles. The minimum Gasteiger partial charge on any atom is -0.396 e. The molecule has 0 radical (unpaired) electrons. The van der Waals surface area contributed by atoms with Crippen LogP contribution in [0.5, 0.6) is 0 Å². The van der Waals surface area contributed by atoms with Crippen molar-refractivity contribution >= 4 is 11.6 Å². The van der Waals surface area contributed by atoms with Crippen molar-refractivity contribution in [2.45, 2.75) is 32.1 Å². The molecule has 0 aliphatic heterocycles. The summed E-state index contributed by atoms with van der Waals surface area (Å²) in [4.78, 5) is 3.89. The van der Waals surface area contributed by atoms with Crippen molar-refractivity contribution in [2.24, 2.45) is 5.41 Å². The molecule has 20 heavy (non-hydrogen) atoms. The maximum Gasteiger partial charge on any atom is 0.168 e. The first-order valence-electron chi connectivity index (χ1n) is 6.99. The summed E-state index contributed by atoms with van der Waals surface area (Å²) in [6, 6.07) is 0.813. The molecule has 1 heterocycles. The van der Waals surface area contributed by atoms with E-state index in [1.807, 2.05) is 0 Å². The van der Waals surface area contributed by atoms with Crippen molar-refractivity contribution in [1.29, 1.82) is 0 Å². The van der Waals surface area contributed by atoms with E-state index in [0.717, 1.165) is 31.7 Å². The fourth-order valence-electron chi connectivity index (χ4n) is 2.73. The summed E-state index contributed by atoms with van der Waals surface area (Å²) in [7, 11) is 1.53. The average Bonchev–Trinajstić information content (AvgIpc) is 2.47. The molecule has 1 aromatic heterocycles. The van der Waals surface area contributed by atoms with Crippen LogP contribution in [0.2, 0.25) is 0 Å². The number of halogens is 2. The van der Waals surface area contributed by atoms with Gasteiger partial charge in [-0.15, -0.1) is 0 Å². The van der Waals surface area contributed by atoms with Crippen LogP contribution in [0.25, 0.3) is 0 Å². The highest BCUT2D eigenvalue weighted by Gasteiger charge is 2.31. The molecule has 0 unspecified atom stereocenters. The molecule has 1 fully saturated rings. The van der Waals surface area contributed by atoms with Gasteiger partial charge in [-0.2, -0.15) is 0 Å². The number of aliphatic hydroxyl groups excluding tert-OH is 1. The first-order chi connectivity index (χ1) is 9.60. The maximum atomic E-state index is 13.7. The molecule has 3 N–H and O–H groups in total. The number of anilines is 2. The number of rotatable bonds is 5. The smallest absolute Gasteiger partial charge is 0.168 e. The third-order valence-electron chi connectivity index (χ3n) is 4.05. The van der Waals surface area contributed by atoms with E-state index in [0.29, 0.717) is 6.54 Å². The van der Waals surface area contributed by atoms with Crippen molar-refractivity contribution in [3.8, 4) is 0 Å². The number of aromatic nitrogens is 1. The third kappa shape index (κ3) is 3.17. The van der Waals surface area contributed by atoms with Gasteiger partial charge in [-0.25, -0.2) is 13.8 Å². The molecule has 1 aromatic rings. The zero-order valence-electron chi connectivity index (χ0n) is 11.7. The summed E-state index contributed by atoms with van der Waals surface area (Å²) < 4.78 is 27.0. The lowest BCUT2D eigenvalue weighted by Gasteiger charge is -2.35. The Hall–Kier alpha value is -1.43. The fraction of sp³-hybridized carbons (Fsp3) is 0.643. The van der Waals surface area contributed by atoms with Gasteiger partial charge < -0.3 is 15.7 Å². The molecule has 0 amide bonds. The highest BCUT2D eigenvalue weighted by Crippen LogP contribution is 2.36. The molecule has 1 saturated carbocycles. The molecule has 1 aliphatic carbocycles. The predicted molar refractivity (Wildman–Crippen MR) is 74.8 cm³/mol. The summed E-state index contributed by atoms with van der Waals surface area (Å²) in [5, 5.41) is 15.1. The second-order valence-electron chi connectivity index (χ2n) is 5.47. The molecule has 0 saturated heterocycles. The van der Waals surface area contributed by atoms with Crippen molar-refractivity contribution in [2.75, 3.05) is 30.8 Å². The van der Waals surface area contributed by atoms with Crippen LogP contribution in [0.1, 0.15) is 32.1 Å². The zero-order valence-corrected chi connectivity index (χ0v) is 11.7. The number of pyridine rings is 1. The Balaban J connectivity index is 2.09. The van der Waals surface area contributed by atoms with Crippen LogP contribution in [-0.4, -0.2) is 30.3 Å². The van der Waals surface area contributed by atoms with E-state index in [-0.39, 0.29) is 23.7 Å². The van der Waals surface area contributed by atoms with E-state index in [2.05, 4.69) is 15.6 Å². The third-order valence-corrected chi connectivity index (χ3v) is 4.05. The van der Waals surface area contributed by atoms with Gasteiger partial charge in [0.1, 0.15) is 0 Å². The van der Waals surface area contributed by atoms with Gasteiger partial charge in [-0.05, 0) is 12.8 Å². The van der Waals surface area contributed by atoms with Crippen molar-refractivity contribution in [3.63, 3.8) is 0 Å². The second-order valence-corrected chi connectivity index (χ2v) is 5.47. The van der Waals surface area contributed by atoms with E-state index in [1.54, 1.807) is 0 Å². The van der Waals surface area contributed by atoms with Gasteiger partial charge in [0.05, 0.1) is 6.61 Å². The predicted octanol–water partition coefficient (Wildman–Crippen LogP) is 2.76. The molecule has 0 atom stereocenters. The van der Waals surface area contributed by atoms with E-state index in [1.165, 1.54) is 13.5 Å². The Bertz CT molecular complexity index is 462. The van der Waals surface area contributed by atoms with Crippen LogP contribution in [0.4, 0.5) is 20.4 Å². The average molecular weight is 285 g/mol. The van der Waals surface area contributed by atoms with E-state index < -0.39 is 11.6 Å². The summed E-state index contributed by atoms with van der Waals surface area (Å²) >= 11 is 0. The lowest BCUT2D eigenvalue weighted by atomic mass is 9.74. The van der Waals surface area contributed by atoms with Crippen LogP contribution in [0, 0.1) is 17.0 Å². The highest BCUT2D eigenvalue weighted by molar-refractivity contribution is 5.47. The van der Waals surface area contributed by atoms with Crippen molar-refractivity contribution < 1.29 is 13.9 Å². The minimum atomic E-state index is -0.718. The van der Waals surface area contributed by atoms with Crippen LogP contribution in [-0.2, 0) is 0 Å². The first kappa shape index (κ1) is 15.0. The van der Waals surface area contributed by atoms with Crippen molar-refractivity contribution in [3.05, 3.63) is 17.7 Å². The summed E-state index contributed by atoms with van der Waals surface area (Å²) in [5.41, 5.74) is -0.222. The molecule has 4 nitrogen and oxygen atoms in total. The number of aliphatic hydroxyl groups is 1. The molecule has 1 aliphatic rings. The molecular weight excluding hydrogens is 264 g/mol. The Morgan fingerprint density at radius 1 is 1.20 bits per heavy atom. The van der Waals surface area contributed by atoms with Gasteiger partial charge in [0, 0.05) is 25.1 Å². The fourth-order valence-corrected chi connectivity index (χ4v) is 2.73. The zero-order chi connectivity index (χ0) is 14.6. The quantitative estimate of drug-likeness (QED) is 0.778. The summed E-state index contributed by atoms with van der Waals surface area (Å²) in [6.07, 6.45) is 5.15. The SMILES string of the molecule is CNc1nc(NCC2(CO)CCCCC2)c(F)cc1F. The van der Waals surface area contributed by atoms with Crippen molar-refractivity contribution in [1.82, 2.24) is 4.98 Å². The molecule has 0 bridgehead atoms. The maximum absolute atomic E-state index is 13.7. The lowest BCUT2D eigenvalue weighted by molar-refractivity contribution is 0.0942. The summed E-state index contributed by atoms with van der Waals surface area (Å²) in [6.45, 7) is 0.518. The number of nitrogens with one attached hydrogen (secondary N) is 2. The Kier molecular flexibility index (Phi) is 4.75. The number of hydrogen-bond donors (Lipinski definition) is 3. The standard InChI is InChI=1S/C14H21F2N3O/c1-17-12-10(15)7-11(16)13(19-12)18-8-14(9-20)5-3-2-4-6-14/h7,20H,2-6,8-9H2,1H3,(H2,17,18,19). The van der Waals surface area contributed by atoms with E-state index in [9.17, 15) is 13.9 Å². The van der Waals surface area contributed by atoms with Gasteiger partial charge >= 0.3 is 0 Å². The van der Waals surface area contributed by atoms with Crippen LogP contribution >= 0.6 is 0 Å². The van der Waals surface area contributed by atoms with Gasteiger partial charge in [-0.1, -0.05) is 19.3 Å². The minimum absolute atomic E-state index is 0.00981. The summed E-state index contributed by atoms with van der Waals surface area (Å²) in [5.74, 6) is -1.40. The molecule has 0 spiro atoms. The number of hydrogen-bond acceptors (Lipinski definition) is 4. The molecule has 6 heteroatoms. The van der Waals surface area contributed by atoms with E-state index >= 15 is 0 Å². The van der Waals surface area contributed by atoms with Gasteiger partial charge in [-0.3, -0.25) is 0 Å². The van der Waals surface area contributed by atoms with Gasteiger partial charge in [0.2, 0.25) is 0 Å². The Morgan fingerprint density at radius 3 is 2.45 bits per heavy atom. The second kappa shape index (κ2) is 6.35. The topological polar surface area (TPSA) is 57.2 Å². The van der Waals surface area contributed by atoms with Gasteiger partial charge in [0.15, 0.2) is 23.3 Å². The van der Waals surface area contributed by atoms with Crippen LogP contribution in [0.15, 0.2) is 6.07 Å². The van der Waals surface area contributed by atoms with Crippen LogP contribution < -0.4 is 10.6 Å². The van der Waals surface area contributed by atoms with Gasteiger partial charge in [0.25, 0.3) is 0 Å². The number of nitrogens with zero attached hydrogens (tertiary/aromatic N) is 1. The van der Waals surface area contributed by atoms with Crippen LogP contribution in [0.3, 0.4) is 0 Å². The molecule has 112 valence electrons. The highest BCUT2D eigenvalue weighted by atomic mass is 19.1. The monoisotopic (exact) mass is 285 g/mol. The first-order valence-corrected chi connectivity index (χ1v) is 6.99. The largest absolute Gasteiger partial charge is 0.396 e. The lowest BCUT2D eigenvalue weighted by Crippen LogP contribution is -2.36. The van der Waals surface area contributed by atoms with E-state index in [4.69, 9.17) is 0 Å². The molecular formula is C14H21F2N3O. The Morgan fingerprint density at radius 2 is 1.85 bits per heavy atom. The Labute approximate surface area is 117 Å². The normalized spacial score (nSPS) is 17.8.